The fraction of sp³-hybridized carbons (Fsp3) is 0.455. The summed E-state index contributed by atoms with van der Waals surface area (Å²) in [6.07, 6.45) is 3.42. The highest BCUT2D eigenvalue weighted by Crippen LogP contribution is 2.24. The Morgan fingerprint density at radius 1 is 1.00 bits per heavy atom. The summed E-state index contributed by atoms with van der Waals surface area (Å²) in [5.74, 6) is 0.634. The zero-order valence-electron chi connectivity index (χ0n) is 17.6. The smallest absolute Gasteiger partial charge is 0.239 e. The van der Waals surface area contributed by atoms with E-state index < -0.39 is 5.41 Å². The first-order chi connectivity index (χ1) is 13.8. The van der Waals surface area contributed by atoms with E-state index in [-0.39, 0.29) is 11.8 Å². The van der Waals surface area contributed by atoms with Crippen molar-refractivity contribution in [2.45, 2.75) is 33.6 Å². The number of aromatic nitrogens is 2. The number of nitrogens with one attached hydrogen (secondary N) is 1. The number of carbonyl (C=O) groups is 2. The van der Waals surface area contributed by atoms with Gasteiger partial charge in [-0.05, 0) is 43.5 Å². The molecule has 0 unspecified atom stereocenters. The number of benzene rings is 1. The maximum Gasteiger partial charge on any atom is 0.239 e. The zero-order chi connectivity index (χ0) is 21.0. The van der Waals surface area contributed by atoms with Crippen molar-refractivity contribution in [1.82, 2.24) is 14.9 Å². The number of hydrogen-bond donors (Lipinski definition) is 1. The van der Waals surface area contributed by atoms with Gasteiger partial charge in [-0.1, -0.05) is 26.0 Å². The number of anilines is 2. The number of amides is 2. The molecule has 154 valence electrons. The molecule has 1 aromatic heterocycles. The maximum absolute atomic E-state index is 13.1. The first kappa shape index (κ1) is 20.8. The monoisotopic (exact) mass is 395 g/mol. The molecular weight excluding hydrogens is 366 g/mol. The number of piperazine rings is 1. The molecule has 7 heteroatoms. The lowest BCUT2D eigenvalue weighted by molar-refractivity contribution is -0.146. The van der Waals surface area contributed by atoms with Gasteiger partial charge in [0.1, 0.15) is 5.41 Å². The maximum atomic E-state index is 13.1. The highest BCUT2D eigenvalue weighted by atomic mass is 16.2. The summed E-state index contributed by atoms with van der Waals surface area (Å²) in [4.78, 5) is 38.2. The summed E-state index contributed by atoms with van der Waals surface area (Å²) in [5, 5.41) is 2.89. The Balaban J connectivity index is 1.59. The van der Waals surface area contributed by atoms with Crippen LogP contribution in [0.4, 0.5) is 11.6 Å². The molecule has 7 nitrogen and oxygen atoms in total. The fourth-order valence-electron chi connectivity index (χ4n) is 3.30. The van der Waals surface area contributed by atoms with E-state index in [1.807, 2.05) is 29.2 Å². The van der Waals surface area contributed by atoms with Crippen LogP contribution in [0.2, 0.25) is 0 Å². The van der Waals surface area contributed by atoms with E-state index in [0.29, 0.717) is 43.7 Å². The van der Waals surface area contributed by atoms with Crippen LogP contribution in [0.5, 0.6) is 0 Å². The van der Waals surface area contributed by atoms with Gasteiger partial charge in [0, 0.05) is 44.3 Å². The van der Waals surface area contributed by atoms with Crippen LogP contribution in [0.15, 0.2) is 42.7 Å². The predicted molar refractivity (Wildman–Crippen MR) is 114 cm³/mol. The van der Waals surface area contributed by atoms with E-state index in [1.54, 1.807) is 37.2 Å². The minimum atomic E-state index is -1.15. The van der Waals surface area contributed by atoms with Crippen LogP contribution >= 0.6 is 0 Å². The van der Waals surface area contributed by atoms with Gasteiger partial charge >= 0.3 is 0 Å². The standard InChI is InChI=1S/C22H29N5O2/c1-16(2)17-6-8-18(9-7-17)25-19(28)22(3,4)20(29)26-12-14-27(15-13-26)21-23-10-5-11-24-21/h5-11,16H,12-15H2,1-4H3,(H,25,28). The van der Waals surface area contributed by atoms with Crippen LogP contribution in [0.1, 0.15) is 39.2 Å². The van der Waals surface area contributed by atoms with Gasteiger partial charge in [0.05, 0.1) is 0 Å². The van der Waals surface area contributed by atoms with Gasteiger partial charge in [0.15, 0.2) is 0 Å². The Bertz CT molecular complexity index is 841. The second-order valence-electron chi connectivity index (χ2n) is 8.18. The van der Waals surface area contributed by atoms with E-state index in [2.05, 4.69) is 29.1 Å². The van der Waals surface area contributed by atoms with Crippen LogP contribution in [-0.2, 0) is 9.59 Å². The molecule has 1 aliphatic rings. The van der Waals surface area contributed by atoms with Crippen LogP contribution in [0.25, 0.3) is 0 Å². The van der Waals surface area contributed by atoms with E-state index in [9.17, 15) is 9.59 Å². The molecule has 1 fully saturated rings. The van der Waals surface area contributed by atoms with Crippen molar-refractivity contribution in [2.24, 2.45) is 5.41 Å². The summed E-state index contributed by atoms with van der Waals surface area (Å²) < 4.78 is 0. The molecule has 0 bridgehead atoms. The van der Waals surface area contributed by atoms with Crippen molar-refractivity contribution < 1.29 is 9.59 Å². The molecule has 0 saturated carbocycles. The van der Waals surface area contributed by atoms with E-state index in [0.717, 1.165) is 0 Å². The van der Waals surface area contributed by atoms with Crippen molar-refractivity contribution in [1.29, 1.82) is 0 Å². The third-order valence-corrected chi connectivity index (χ3v) is 5.34. The van der Waals surface area contributed by atoms with Gasteiger partial charge in [-0.15, -0.1) is 0 Å². The van der Waals surface area contributed by atoms with Gasteiger partial charge in [-0.3, -0.25) is 9.59 Å². The lowest BCUT2D eigenvalue weighted by Gasteiger charge is -2.38. The van der Waals surface area contributed by atoms with Crippen molar-refractivity contribution in [2.75, 3.05) is 36.4 Å². The molecule has 1 N–H and O–H groups in total. The van der Waals surface area contributed by atoms with E-state index >= 15 is 0 Å². The summed E-state index contributed by atoms with van der Waals surface area (Å²) in [6.45, 7) is 9.97. The largest absolute Gasteiger partial charge is 0.338 e. The lowest BCUT2D eigenvalue weighted by Crippen LogP contribution is -2.54. The van der Waals surface area contributed by atoms with E-state index in [4.69, 9.17) is 0 Å². The molecule has 0 atom stereocenters. The highest BCUT2D eigenvalue weighted by Gasteiger charge is 2.40. The van der Waals surface area contributed by atoms with Crippen molar-refractivity contribution in [3.05, 3.63) is 48.3 Å². The highest BCUT2D eigenvalue weighted by molar-refractivity contribution is 6.09. The van der Waals surface area contributed by atoms with Crippen molar-refractivity contribution >= 4 is 23.5 Å². The third-order valence-electron chi connectivity index (χ3n) is 5.34. The molecule has 3 rings (SSSR count). The molecule has 1 aliphatic heterocycles. The predicted octanol–water partition coefficient (Wildman–Crippen LogP) is 2.91. The lowest BCUT2D eigenvalue weighted by atomic mass is 9.89. The second-order valence-corrected chi connectivity index (χ2v) is 8.18. The zero-order valence-corrected chi connectivity index (χ0v) is 17.6. The Morgan fingerprint density at radius 3 is 2.14 bits per heavy atom. The molecular formula is C22H29N5O2. The molecule has 2 amide bonds. The van der Waals surface area contributed by atoms with Gasteiger partial charge < -0.3 is 15.1 Å². The second kappa shape index (κ2) is 8.59. The fourth-order valence-corrected chi connectivity index (χ4v) is 3.30. The number of hydrogen-bond acceptors (Lipinski definition) is 5. The van der Waals surface area contributed by atoms with Crippen LogP contribution < -0.4 is 10.2 Å². The van der Waals surface area contributed by atoms with Gasteiger partial charge in [0.2, 0.25) is 17.8 Å². The third kappa shape index (κ3) is 4.72. The average Bonchev–Trinajstić information content (AvgIpc) is 2.74. The Kier molecular flexibility index (Phi) is 6.15. The molecule has 0 radical (unpaired) electrons. The summed E-state index contributed by atoms with van der Waals surface area (Å²) >= 11 is 0. The molecule has 0 spiro atoms. The molecule has 1 aromatic carbocycles. The summed E-state index contributed by atoms with van der Waals surface area (Å²) in [7, 11) is 0. The quantitative estimate of drug-likeness (QED) is 0.788. The molecule has 1 saturated heterocycles. The number of nitrogens with zero attached hydrogens (tertiary/aromatic N) is 4. The van der Waals surface area contributed by atoms with Crippen LogP contribution in [0.3, 0.4) is 0 Å². The molecule has 2 heterocycles. The minimum Gasteiger partial charge on any atom is -0.338 e. The van der Waals surface area contributed by atoms with E-state index in [1.165, 1.54) is 5.56 Å². The molecule has 0 aliphatic carbocycles. The van der Waals surface area contributed by atoms with Crippen LogP contribution in [0, 0.1) is 5.41 Å². The normalized spacial score (nSPS) is 14.8. The van der Waals surface area contributed by atoms with Crippen molar-refractivity contribution in [3.63, 3.8) is 0 Å². The Labute approximate surface area is 172 Å². The van der Waals surface area contributed by atoms with Crippen molar-refractivity contribution in [3.8, 4) is 0 Å². The number of carbonyl (C=O) groups excluding carboxylic acids is 2. The molecule has 29 heavy (non-hydrogen) atoms. The minimum absolute atomic E-state index is 0.164. The number of rotatable bonds is 5. The Morgan fingerprint density at radius 2 is 1.59 bits per heavy atom. The first-order valence-electron chi connectivity index (χ1n) is 10.0. The van der Waals surface area contributed by atoms with Gasteiger partial charge in [0.25, 0.3) is 0 Å². The molecule has 2 aromatic rings. The SMILES string of the molecule is CC(C)c1ccc(NC(=O)C(C)(C)C(=O)N2CCN(c3ncccn3)CC2)cc1. The average molecular weight is 396 g/mol. The topological polar surface area (TPSA) is 78.4 Å². The van der Waals surface area contributed by atoms with Crippen LogP contribution in [-0.4, -0.2) is 52.9 Å². The first-order valence-corrected chi connectivity index (χ1v) is 10.0. The van der Waals surface area contributed by atoms with Gasteiger partial charge in [-0.2, -0.15) is 0 Å². The summed E-state index contributed by atoms with van der Waals surface area (Å²) in [5.41, 5.74) is 0.757. The Hall–Kier alpha value is -2.96. The van der Waals surface area contributed by atoms with Gasteiger partial charge in [-0.25, -0.2) is 9.97 Å². The summed E-state index contributed by atoms with van der Waals surface area (Å²) in [6, 6.07) is 9.54.